The topological polar surface area (TPSA) is 78.5 Å². The van der Waals surface area contributed by atoms with Crippen molar-refractivity contribution in [3.63, 3.8) is 0 Å². The lowest BCUT2D eigenvalue weighted by Gasteiger charge is -2.27. The molecule has 0 radical (unpaired) electrons. The SMILES string of the molecule is C[C@H](NC(=O)CN1C(=O)N[C@]2(CCCCc3ccccc32)C1=O)C1CC1. The first kappa shape index (κ1) is 17.1. The zero-order chi connectivity index (χ0) is 18.3. The highest BCUT2D eigenvalue weighted by Crippen LogP contribution is 2.39. The second-order valence-corrected chi connectivity index (χ2v) is 7.78. The lowest BCUT2D eigenvalue weighted by molar-refractivity contribution is -0.135. The van der Waals surface area contributed by atoms with Crippen molar-refractivity contribution in [3.05, 3.63) is 35.4 Å². The summed E-state index contributed by atoms with van der Waals surface area (Å²) in [5, 5.41) is 5.84. The van der Waals surface area contributed by atoms with Gasteiger partial charge in [-0.25, -0.2) is 4.79 Å². The van der Waals surface area contributed by atoms with E-state index in [2.05, 4.69) is 10.6 Å². The molecule has 3 aliphatic rings. The molecule has 138 valence electrons. The molecule has 2 atom stereocenters. The highest BCUT2D eigenvalue weighted by atomic mass is 16.2. The van der Waals surface area contributed by atoms with Crippen molar-refractivity contribution in [1.82, 2.24) is 15.5 Å². The van der Waals surface area contributed by atoms with Gasteiger partial charge in [-0.1, -0.05) is 24.3 Å². The van der Waals surface area contributed by atoms with Gasteiger partial charge in [-0.15, -0.1) is 0 Å². The fraction of sp³-hybridized carbons (Fsp3) is 0.550. The Kier molecular flexibility index (Phi) is 4.21. The number of nitrogens with one attached hydrogen (secondary N) is 2. The Bertz CT molecular complexity index is 758. The van der Waals surface area contributed by atoms with E-state index in [4.69, 9.17) is 0 Å². The van der Waals surface area contributed by atoms with Gasteiger partial charge in [0, 0.05) is 6.04 Å². The van der Waals surface area contributed by atoms with Gasteiger partial charge in [-0.05, 0) is 62.5 Å². The number of carbonyl (C=O) groups excluding carboxylic acids is 3. The number of imide groups is 1. The van der Waals surface area contributed by atoms with Crippen LogP contribution in [0.2, 0.25) is 0 Å². The molecule has 0 unspecified atom stereocenters. The maximum absolute atomic E-state index is 13.2. The van der Waals surface area contributed by atoms with Crippen LogP contribution in [0.5, 0.6) is 0 Å². The predicted molar refractivity (Wildman–Crippen MR) is 96.2 cm³/mol. The van der Waals surface area contributed by atoms with Crippen LogP contribution in [0.4, 0.5) is 4.79 Å². The average molecular weight is 355 g/mol. The minimum atomic E-state index is -1.02. The number of carbonyl (C=O) groups is 3. The highest BCUT2D eigenvalue weighted by Gasteiger charge is 2.53. The number of hydrogen-bond acceptors (Lipinski definition) is 3. The summed E-state index contributed by atoms with van der Waals surface area (Å²) < 4.78 is 0. The summed E-state index contributed by atoms with van der Waals surface area (Å²) in [7, 11) is 0. The summed E-state index contributed by atoms with van der Waals surface area (Å²) in [6, 6.07) is 7.44. The second-order valence-electron chi connectivity index (χ2n) is 7.78. The van der Waals surface area contributed by atoms with Crippen LogP contribution in [0, 0.1) is 5.92 Å². The van der Waals surface area contributed by atoms with Crippen LogP contribution in [0.15, 0.2) is 24.3 Å². The normalized spacial score (nSPS) is 26.3. The van der Waals surface area contributed by atoms with Crippen molar-refractivity contribution in [3.8, 4) is 0 Å². The first-order chi connectivity index (χ1) is 12.5. The molecule has 6 heteroatoms. The lowest BCUT2D eigenvalue weighted by atomic mass is 9.84. The number of hydrogen-bond donors (Lipinski definition) is 2. The first-order valence-electron chi connectivity index (χ1n) is 9.53. The molecule has 4 amide bonds. The number of fused-ring (bicyclic) bond motifs is 2. The minimum Gasteiger partial charge on any atom is -0.352 e. The molecular weight excluding hydrogens is 330 g/mol. The fourth-order valence-corrected chi connectivity index (χ4v) is 4.27. The van der Waals surface area contributed by atoms with E-state index in [1.807, 2.05) is 31.2 Å². The number of rotatable bonds is 4. The summed E-state index contributed by atoms with van der Waals surface area (Å²) in [5.41, 5.74) is 0.962. The van der Waals surface area contributed by atoms with Crippen molar-refractivity contribution in [1.29, 1.82) is 0 Å². The van der Waals surface area contributed by atoms with Gasteiger partial charge < -0.3 is 10.6 Å². The van der Waals surface area contributed by atoms with E-state index in [0.29, 0.717) is 12.3 Å². The van der Waals surface area contributed by atoms with Gasteiger partial charge >= 0.3 is 6.03 Å². The molecule has 0 bridgehead atoms. The molecule has 1 aromatic carbocycles. The Morgan fingerprint density at radius 2 is 2.08 bits per heavy atom. The third kappa shape index (κ3) is 2.87. The van der Waals surface area contributed by atoms with E-state index in [1.54, 1.807) is 0 Å². The number of benzene rings is 1. The van der Waals surface area contributed by atoms with Gasteiger partial charge in [0.05, 0.1) is 0 Å². The first-order valence-corrected chi connectivity index (χ1v) is 9.53. The molecule has 1 aromatic rings. The van der Waals surface area contributed by atoms with Gasteiger partial charge in [-0.2, -0.15) is 0 Å². The van der Waals surface area contributed by atoms with Gasteiger partial charge in [0.2, 0.25) is 5.91 Å². The van der Waals surface area contributed by atoms with E-state index in [9.17, 15) is 14.4 Å². The standard InChI is InChI=1S/C20H25N3O3/c1-13(14-9-10-14)21-17(24)12-23-18(25)20(22-19(23)26)11-5-4-7-15-6-2-3-8-16(15)20/h2-3,6,8,13-14H,4-5,7,9-12H2,1H3,(H,21,24)(H,22,26)/t13-,20-/m0/s1. The molecule has 6 nitrogen and oxygen atoms in total. The number of urea groups is 1. The maximum Gasteiger partial charge on any atom is 0.325 e. The third-order valence-electron chi connectivity index (χ3n) is 5.92. The molecule has 0 aromatic heterocycles. The summed E-state index contributed by atoms with van der Waals surface area (Å²) in [6.07, 6.45) is 5.58. The number of amides is 4. The van der Waals surface area contributed by atoms with Crippen LogP contribution in [0.3, 0.4) is 0 Å². The minimum absolute atomic E-state index is 0.0934. The van der Waals surface area contributed by atoms with Gasteiger partial charge in [0.15, 0.2) is 0 Å². The Hall–Kier alpha value is -2.37. The highest BCUT2D eigenvalue weighted by molar-refractivity contribution is 6.09. The third-order valence-corrected chi connectivity index (χ3v) is 5.92. The summed E-state index contributed by atoms with van der Waals surface area (Å²) >= 11 is 0. The van der Waals surface area contributed by atoms with Crippen LogP contribution >= 0.6 is 0 Å². The molecule has 4 rings (SSSR count). The Morgan fingerprint density at radius 1 is 1.31 bits per heavy atom. The number of aryl methyl sites for hydroxylation is 1. The van der Waals surface area contributed by atoms with E-state index in [1.165, 1.54) is 0 Å². The predicted octanol–water partition coefficient (Wildman–Crippen LogP) is 2.07. The van der Waals surface area contributed by atoms with Crippen LogP contribution in [0.25, 0.3) is 0 Å². The number of nitrogens with zero attached hydrogens (tertiary/aromatic N) is 1. The molecule has 1 aliphatic heterocycles. The molecule has 2 N–H and O–H groups in total. The van der Waals surface area contributed by atoms with Crippen molar-refractivity contribution < 1.29 is 14.4 Å². The van der Waals surface area contributed by atoms with Gasteiger partial charge in [0.25, 0.3) is 5.91 Å². The van der Waals surface area contributed by atoms with Gasteiger partial charge in [-0.3, -0.25) is 14.5 Å². The molecule has 1 spiro atoms. The van der Waals surface area contributed by atoms with Crippen molar-refractivity contribution in [2.75, 3.05) is 6.54 Å². The maximum atomic E-state index is 13.2. The zero-order valence-electron chi connectivity index (χ0n) is 15.1. The molecule has 26 heavy (non-hydrogen) atoms. The largest absolute Gasteiger partial charge is 0.352 e. The fourth-order valence-electron chi connectivity index (χ4n) is 4.27. The van der Waals surface area contributed by atoms with Gasteiger partial charge in [0.1, 0.15) is 12.1 Å². The molecule has 2 aliphatic carbocycles. The summed E-state index contributed by atoms with van der Waals surface area (Å²) in [6.45, 7) is 1.76. The molecule has 1 saturated heterocycles. The van der Waals surface area contributed by atoms with E-state index in [-0.39, 0.29) is 24.4 Å². The second kappa shape index (κ2) is 6.41. The van der Waals surface area contributed by atoms with Crippen molar-refractivity contribution in [2.24, 2.45) is 5.92 Å². The molecule has 2 fully saturated rings. The Labute approximate surface area is 153 Å². The van der Waals surface area contributed by atoms with Crippen LogP contribution in [-0.4, -0.2) is 35.3 Å². The van der Waals surface area contributed by atoms with E-state index in [0.717, 1.165) is 48.1 Å². The lowest BCUT2D eigenvalue weighted by Crippen LogP contribution is -2.46. The average Bonchev–Trinajstić information content (AvgIpc) is 3.44. The molecular formula is C20H25N3O3. The summed E-state index contributed by atoms with van der Waals surface area (Å²) in [5.74, 6) is -0.0416. The zero-order valence-corrected chi connectivity index (χ0v) is 15.1. The van der Waals surface area contributed by atoms with Crippen LogP contribution < -0.4 is 10.6 Å². The quantitative estimate of drug-likeness (QED) is 0.812. The van der Waals surface area contributed by atoms with Crippen molar-refractivity contribution in [2.45, 2.75) is 57.0 Å². The Balaban J connectivity index is 1.56. The van der Waals surface area contributed by atoms with E-state index >= 15 is 0 Å². The smallest absolute Gasteiger partial charge is 0.325 e. The monoisotopic (exact) mass is 355 g/mol. The van der Waals surface area contributed by atoms with Crippen LogP contribution in [-0.2, 0) is 21.5 Å². The molecule has 1 saturated carbocycles. The molecule has 1 heterocycles. The van der Waals surface area contributed by atoms with Crippen LogP contribution in [0.1, 0.15) is 50.2 Å². The van der Waals surface area contributed by atoms with E-state index < -0.39 is 11.6 Å². The van der Waals surface area contributed by atoms with Crippen molar-refractivity contribution >= 4 is 17.8 Å². The summed E-state index contributed by atoms with van der Waals surface area (Å²) in [4.78, 5) is 39.2. The Morgan fingerprint density at radius 3 is 2.85 bits per heavy atom.